The molecule has 0 aliphatic rings. The molecule has 2 rings (SSSR count). The summed E-state index contributed by atoms with van der Waals surface area (Å²) >= 11 is 0. The molecule has 1 atom stereocenters. The Morgan fingerprint density at radius 3 is 2.52 bits per heavy atom. The Morgan fingerprint density at radius 1 is 1.24 bits per heavy atom. The van der Waals surface area contributed by atoms with E-state index in [0.717, 1.165) is 6.07 Å². The van der Waals surface area contributed by atoms with Gasteiger partial charge in [-0.2, -0.15) is 5.26 Å². The molecule has 0 heterocycles. The molecule has 21 heavy (non-hydrogen) atoms. The van der Waals surface area contributed by atoms with Crippen LogP contribution >= 0.6 is 0 Å². The number of hydrogen-bond acceptors (Lipinski definition) is 3. The molecule has 4 nitrogen and oxygen atoms in total. The molecular weight excluding hydrogens is 269 g/mol. The highest BCUT2D eigenvalue weighted by atomic mass is 19.1. The van der Waals surface area contributed by atoms with Gasteiger partial charge in [-0.1, -0.05) is 36.4 Å². The maximum atomic E-state index is 13.5. The Bertz CT molecular complexity index is 705. The van der Waals surface area contributed by atoms with E-state index < -0.39 is 17.3 Å². The highest BCUT2D eigenvalue weighted by Gasteiger charge is 2.31. The van der Waals surface area contributed by atoms with Crippen LogP contribution < -0.4 is 11.1 Å². The number of nitriles is 1. The van der Waals surface area contributed by atoms with Crippen LogP contribution in [0, 0.1) is 17.1 Å². The molecule has 0 aliphatic carbocycles. The van der Waals surface area contributed by atoms with E-state index in [1.165, 1.54) is 12.1 Å². The average molecular weight is 283 g/mol. The van der Waals surface area contributed by atoms with Crippen molar-refractivity contribution in [2.24, 2.45) is 5.73 Å². The first kappa shape index (κ1) is 14.7. The number of carbonyl (C=O) groups excluding carboxylic acids is 1. The molecule has 0 bridgehead atoms. The highest BCUT2D eigenvalue weighted by Crippen LogP contribution is 2.23. The lowest BCUT2D eigenvalue weighted by molar-refractivity contribution is -0.120. The molecule has 0 saturated carbocycles. The number of benzene rings is 2. The van der Waals surface area contributed by atoms with Crippen molar-refractivity contribution >= 4 is 11.6 Å². The molecule has 2 aromatic rings. The first-order valence-electron chi connectivity index (χ1n) is 6.31. The van der Waals surface area contributed by atoms with Crippen molar-refractivity contribution in [3.05, 3.63) is 65.5 Å². The van der Waals surface area contributed by atoms with Gasteiger partial charge in [0.2, 0.25) is 5.91 Å². The smallest absolute Gasteiger partial charge is 0.248 e. The van der Waals surface area contributed by atoms with Crippen LogP contribution in [0.3, 0.4) is 0 Å². The number of hydrogen-bond donors (Lipinski definition) is 2. The highest BCUT2D eigenvalue weighted by molar-refractivity contribution is 5.99. The Labute approximate surface area is 122 Å². The van der Waals surface area contributed by atoms with E-state index in [-0.39, 0.29) is 11.3 Å². The molecule has 0 fully saturated rings. The summed E-state index contributed by atoms with van der Waals surface area (Å²) in [4.78, 5) is 12.3. The summed E-state index contributed by atoms with van der Waals surface area (Å²) in [7, 11) is 0. The Balaban J connectivity index is 2.31. The van der Waals surface area contributed by atoms with E-state index in [9.17, 15) is 9.18 Å². The topological polar surface area (TPSA) is 78.9 Å². The van der Waals surface area contributed by atoms with Gasteiger partial charge in [0.05, 0.1) is 5.69 Å². The van der Waals surface area contributed by atoms with Gasteiger partial charge in [0, 0.05) is 0 Å². The quantitative estimate of drug-likeness (QED) is 0.908. The van der Waals surface area contributed by atoms with E-state index in [1.807, 2.05) is 6.07 Å². The number of carbonyl (C=O) groups is 1. The lowest BCUT2D eigenvalue weighted by atomic mass is 9.92. The fourth-order valence-corrected chi connectivity index (χ4v) is 1.91. The van der Waals surface area contributed by atoms with Gasteiger partial charge in [-0.15, -0.1) is 0 Å². The zero-order chi connectivity index (χ0) is 15.5. The van der Waals surface area contributed by atoms with Crippen molar-refractivity contribution < 1.29 is 9.18 Å². The van der Waals surface area contributed by atoms with E-state index in [2.05, 4.69) is 5.32 Å². The van der Waals surface area contributed by atoms with Gasteiger partial charge < -0.3 is 11.1 Å². The molecule has 0 spiro atoms. The van der Waals surface area contributed by atoms with Crippen molar-refractivity contribution in [2.45, 2.75) is 12.5 Å². The van der Waals surface area contributed by atoms with E-state index in [0.29, 0.717) is 5.56 Å². The minimum atomic E-state index is -1.29. The summed E-state index contributed by atoms with van der Waals surface area (Å²) < 4.78 is 13.5. The van der Waals surface area contributed by atoms with Gasteiger partial charge >= 0.3 is 0 Å². The van der Waals surface area contributed by atoms with Crippen LogP contribution in [0.4, 0.5) is 10.1 Å². The number of anilines is 1. The van der Waals surface area contributed by atoms with Crippen LogP contribution in [-0.4, -0.2) is 5.91 Å². The third-order valence-electron chi connectivity index (χ3n) is 3.22. The van der Waals surface area contributed by atoms with E-state index in [1.54, 1.807) is 37.3 Å². The summed E-state index contributed by atoms with van der Waals surface area (Å²) in [5.41, 5.74) is 5.29. The molecule has 0 radical (unpaired) electrons. The second-order valence-electron chi connectivity index (χ2n) is 4.80. The fourth-order valence-electron chi connectivity index (χ4n) is 1.91. The van der Waals surface area contributed by atoms with Crippen molar-refractivity contribution in [3.8, 4) is 6.07 Å². The number of halogens is 1. The number of nitrogens with one attached hydrogen (secondary N) is 1. The van der Waals surface area contributed by atoms with Crippen LogP contribution in [0.1, 0.15) is 18.1 Å². The van der Waals surface area contributed by atoms with Crippen molar-refractivity contribution in [2.75, 3.05) is 5.32 Å². The van der Waals surface area contributed by atoms with Gasteiger partial charge in [-0.25, -0.2) is 4.39 Å². The number of rotatable bonds is 3. The largest absolute Gasteiger partial charge is 0.323 e. The normalized spacial score (nSPS) is 13.0. The summed E-state index contributed by atoms with van der Waals surface area (Å²) in [5, 5.41) is 11.5. The molecule has 3 N–H and O–H groups in total. The first-order valence-corrected chi connectivity index (χ1v) is 6.31. The predicted octanol–water partition coefficient (Wildman–Crippen LogP) is 2.51. The number of amides is 1. The van der Waals surface area contributed by atoms with Gasteiger partial charge in [0.25, 0.3) is 0 Å². The SMILES string of the molecule is CC(N)(C(=O)Nc1cccc(F)c1C#N)c1ccccc1. The Kier molecular flexibility index (Phi) is 4.01. The summed E-state index contributed by atoms with van der Waals surface area (Å²) in [6, 6.07) is 14.6. The number of nitrogens with zero attached hydrogens (tertiary/aromatic N) is 1. The molecule has 0 saturated heterocycles. The van der Waals surface area contributed by atoms with Gasteiger partial charge in [-0.05, 0) is 24.6 Å². The van der Waals surface area contributed by atoms with Crippen LogP contribution in [0.5, 0.6) is 0 Å². The summed E-state index contributed by atoms with van der Waals surface area (Å²) in [6.45, 7) is 1.56. The lowest BCUT2D eigenvalue weighted by Gasteiger charge is -2.24. The Morgan fingerprint density at radius 2 is 1.90 bits per heavy atom. The van der Waals surface area contributed by atoms with Crippen molar-refractivity contribution in [3.63, 3.8) is 0 Å². The molecule has 0 aliphatic heterocycles. The van der Waals surface area contributed by atoms with E-state index >= 15 is 0 Å². The maximum absolute atomic E-state index is 13.5. The monoisotopic (exact) mass is 283 g/mol. The molecule has 1 amide bonds. The minimum absolute atomic E-state index is 0.107. The lowest BCUT2D eigenvalue weighted by Crippen LogP contribution is -2.45. The zero-order valence-corrected chi connectivity index (χ0v) is 11.4. The van der Waals surface area contributed by atoms with Crippen LogP contribution in [0.15, 0.2) is 48.5 Å². The summed E-state index contributed by atoms with van der Waals surface area (Å²) in [6.07, 6.45) is 0. The van der Waals surface area contributed by atoms with Gasteiger partial charge in [-0.3, -0.25) is 4.79 Å². The molecule has 1 unspecified atom stereocenters. The Hall–Kier alpha value is -2.71. The molecule has 5 heteroatoms. The molecule has 106 valence electrons. The maximum Gasteiger partial charge on any atom is 0.248 e. The number of nitrogens with two attached hydrogens (primary N) is 1. The van der Waals surface area contributed by atoms with E-state index in [4.69, 9.17) is 11.0 Å². The van der Waals surface area contributed by atoms with Crippen molar-refractivity contribution in [1.29, 1.82) is 5.26 Å². The van der Waals surface area contributed by atoms with Crippen LogP contribution in [0.2, 0.25) is 0 Å². The molecule has 2 aromatic carbocycles. The third-order valence-corrected chi connectivity index (χ3v) is 3.22. The third kappa shape index (κ3) is 2.91. The summed E-state index contributed by atoms with van der Waals surface area (Å²) in [5.74, 6) is -1.20. The van der Waals surface area contributed by atoms with Crippen LogP contribution in [0.25, 0.3) is 0 Å². The second kappa shape index (κ2) is 5.73. The van der Waals surface area contributed by atoms with Gasteiger partial charge in [0.15, 0.2) is 0 Å². The average Bonchev–Trinajstić information content (AvgIpc) is 2.48. The predicted molar refractivity (Wildman–Crippen MR) is 77.7 cm³/mol. The zero-order valence-electron chi connectivity index (χ0n) is 11.4. The first-order chi connectivity index (χ1) is 9.96. The van der Waals surface area contributed by atoms with Crippen LogP contribution in [-0.2, 0) is 10.3 Å². The molecule has 0 aromatic heterocycles. The fraction of sp³-hybridized carbons (Fsp3) is 0.125. The second-order valence-corrected chi connectivity index (χ2v) is 4.80. The van der Waals surface area contributed by atoms with Crippen molar-refractivity contribution in [1.82, 2.24) is 0 Å². The minimum Gasteiger partial charge on any atom is -0.323 e. The van der Waals surface area contributed by atoms with Gasteiger partial charge in [0.1, 0.15) is 23.0 Å². The molecular formula is C16H14FN3O. The standard InChI is InChI=1S/C16H14FN3O/c1-16(19,11-6-3-2-4-7-11)15(21)20-14-9-5-8-13(17)12(14)10-18/h2-9H,19H2,1H3,(H,20,21).